The number of aromatic nitrogens is 2. The Balaban J connectivity index is 2.08. The molecule has 0 aliphatic heterocycles. The second kappa shape index (κ2) is 4.37. The predicted molar refractivity (Wildman–Crippen MR) is 61.4 cm³/mol. The molecule has 0 saturated heterocycles. The van der Waals surface area contributed by atoms with Crippen LogP contribution in [0.5, 0.6) is 0 Å². The molecule has 86 valence electrons. The molecule has 0 unspecified atom stereocenters. The minimum Gasteiger partial charge on any atom is -0.345 e. The van der Waals surface area contributed by atoms with Crippen molar-refractivity contribution in [1.82, 2.24) is 15.3 Å². The van der Waals surface area contributed by atoms with E-state index < -0.39 is 0 Å². The third-order valence-corrected chi connectivity index (χ3v) is 3.39. The number of rotatable bonds is 3. The van der Waals surface area contributed by atoms with Crippen molar-refractivity contribution in [3.05, 3.63) is 23.2 Å². The second-order valence-electron chi connectivity index (χ2n) is 4.17. The van der Waals surface area contributed by atoms with E-state index in [1.54, 1.807) is 0 Å². The lowest BCUT2D eigenvalue weighted by molar-refractivity contribution is 0.0815. The van der Waals surface area contributed by atoms with Gasteiger partial charge < -0.3 is 5.32 Å². The van der Waals surface area contributed by atoms with Gasteiger partial charge in [0.15, 0.2) is 0 Å². The van der Waals surface area contributed by atoms with Crippen molar-refractivity contribution in [1.29, 1.82) is 0 Å². The zero-order chi connectivity index (χ0) is 11.6. The molecule has 16 heavy (non-hydrogen) atoms. The molecule has 0 bridgehead atoms. The number of nitrogens with zero attached hydrogens (tertiary/aromatic N) is 2. The van der Waals surface area contributed by atoms with Crippen molar-refractivity contribution < 1.29 is 4.79 Å². The number of carbonyl (C=O) groups excluding carboxylic acids is 1. The summed E-state index contributed by atoms with van der Waals surface area (Å²) in [6.07, 6.45) is 7.06. The number of amides is 1. The molecule has 1 saturated carbocycles. The van der Waals surface area contributed by atoms with Crippen LogP contribution >= 0.6 is 11.6 Å². The number of halogens is 1. The summed E-state index contributed by atoms with van der Waals surface area (Å²) in [5.74, 6) is -0.184. The van der Waals surface area contributed by atoms with Crippen LogP contribution in [0.2, 0.25) is 5.15 Å². The summed E-state index contributed by atoms with van der Waals surface area (Å²) in [6.45, 7) is 2.09. The molecule has 1 aliphatic carbocycles. The topological polar surface area (TPSA) is 54.9 Å². The first-order valence-corrected chi connectivity index (χ1v) is 5.83. The first-order valence-electron chi connectivity index (χ1n) is 5.45. The molecule has 0 aromatic carbocycles. The lowest BCUT2D eigenvalue weighted by Crippen LogP contribution is -2.53. The summed E-state index contributed by atoms with van der Waals surface area (Å²) in [7, 11) is 0. The predicted octanol–water partition coefficient (Wildman–Crippen LogP) is 2.19. The Morgan fingerprint density at radius 3 is 2.81 bits per heavy atom. The maximum absolute atomic E-state index is 11.9. The zero-order valence-electron chi connectivity index (χ0n) is 9.16. The van der Waals surface area contributed by atoms with Crippen molar-refractivity contribution in [2.45, 2.75) is 38.1 Å². The Hall–Kier alpha value is -1.16. The molecule has 1 aliphatic rings. The van der Waals surface area contributed by atoms with E-state index in [1.807, 2.05) is 0 Å². The van der Waals surface area contributed by atoms with Gasteiger partial charge in [0.25, 0.3) is 5.91 Å². The van der Waals surface area contributed by atoms with Gasteiger partial charge in [0, 0.05) is 5.54 Å². The molecule has 0 atom stereocenters. The molecule has 1 amide bonds. The van der Waals surface area contributed by atoms with Crippen LogP contribution in [0.15, 0.2) is 12.4 Å². The van der Waals surface area contributed by atoms with Crippen LogP contribution in [0, 0.1) is 0 Å². The number of carbonyl (C=O) groups is 1. The lowest BCUT2D eigenvalue weighted by atomic mass is 9.75. The lowest BCUT2D eigenvalue weighted by Gasteiger charge is -2.41. The molecule has 1 aromatic rings. The van der Waals surface area contributed by atoms with Gasteiger partial charge in [0.1, 0.15) is 10.8 Å². The number of hydrogen-bond acceptors (Lipinski definition) is 3. The summed E-state index contributed by atoms with van der Waals surface area (Å²) >= 11 is 5.69. The van der Waals surface area contributed by atoms with Crippen molar-refractivity contribution in [3.8, 4) is 0 Å². The minimum absolute atomic E-state index is 0.0267. The van der Waals surface area contributed by atoms with E-state index in [0.717, 1.165) is 19.3 Å². The van der Waals surface area contributed by atoms with E-state index in [2.05, 4.69) is 22.2 Å². The molecular formula is C11H14ClN3O. The molecule has 0 radical (unpaired) electrons. The highest BCUT2D eigenvalue weighted by Gasteiger charge is 2.36. The SMILES string of the molecule is CCC1(NC(=O)c2cncc(Cl)n2)CCC1. The fourth-order valence-electron chi connectivity index (χ4n) is 1.93. The van der Waals surface area contributed by atoms with Crippen LogP contribution in [0.25, 0.3) is 0 Å². The average molecular weight is 240 g/mol. The van der Waals surface area contributed by atoms with Gasteiger partial charge in [-0.1, -0.05) is 18.5 Å². The van der Waals surface area contributed by atoms with Crippen LogP contribution in [-0.4, -0.2) is 21.4 Å². The van der Waals surface area contributed by atoms with E-state index in [9.17, 15) is 4.79 Å². The van der Waals surface area contributed by atoms with Crippen LogP contribution in [0.3, 0.4) is 0 Å². The van der Waals surface area contributed by atoms with Crippen LogP contribution in [0.4, 0.5) is 0 Å². The maximum Gasteiger partial charge on any atom is 0.271 e. The van der Waals surface area contributed by atoms with E-state index in [-0.39, 0.29) is 22.3 Å². The van der Waals surface area contributed by atoms with Gasteiger partial charge in [-0.2, -0.15) is 0 Å². The fraction of sp³-hybridized carbons (Fsp3) is 0.545. The van der Waals surface area contributed by atoms with Crippen molar-refractivity contribution >= 4 is 17.5 Å². The van der Waals surface area contributed by atoms with Gasteiger partial charge in [-0.05, 0) is 25.7 Å². The minimum atomic E-state index is -0.184. The third kappa shape index (κ3) is 2.16. The molecule has 2 rings (SSSR count). The maximum atomic E-state index is 11.9. The first-order chi connectivity index (χ1) is 7.65. The van der Waals surface area contributed by atoms with Crippen molar-refractivity contribution in [2.24, 2.45) is 0 Å². The smallest absolute Gasteiger partial charge is 0.271 e. The molecule has 1 aromatic heterocycles. The monoisotopic (exact) mass is 239 g/mol. The van der Waals surface area contributed by atoms with Crippen molar-refractivity contribution in [3.63, 3.8) is 0 Å². The molecule has 4 nitrogen and oxygen atoms in total. The quantitative estimate of drug-likeness (QED) is 0.880. The normalized spacial score (nSPS) is 17.6. The first kappa shape index (κ1) is 11.3. The van der Waals surface area contributed by atoms with Crippen LogP contribution < -0.4 is 5.32 Å². The van der Waals surface area contributed by atoms with Gasteiger partial charge in [0.2, 0.25) is 0 Å². The molecule has 1 heterocycles. The summed E-state index contributed by atoms with van der Waals surface area (Å²) in [6, 6.07) is 0. The Labute approximate surface area is 99.4 Å². The molecular weight excluding hydrogens is 226 g/mol. The highest BCUT2D eigenvalue weighted by atomic mass is 35.5. The zero-order valence-corrected chi connectivity index (χ0v) is 9.92. The van der Waals surface area contributed by atoms with E-state index in [0.29, 0.717) is 0 Å². The van der Waals surface area contributed by atoms with Crippen molar-refractivity contribution in [2.75, 3.05) is 0 Å². The van der Waals surface area contributed by atoms with Gasteiger partial charge in [-0.25, -0.2) is 4.98 Å². The molecule has 1 N–H and O–H groups in total. The van der Waals surface area contributed by atoms with Crippen LogP contribution in [-0.2, 0) is 0 Å². The third-order valence-electron chi connectivity index (χ3n) is 3.20. The van der Waals surface area contributed by atoms with Gasteiger partial charge >= 0.3 is 0 Å². The number of hydrogen-bond donors (Lipinski definition) is 1. The molecule has 5 heteroatoms. The van der Waals surface area contributed by atoms with E-state index in [4.69, 9.17) is 11.6 Å². The second-order valence-corrected chi connectivity index (χ2v) is 4.56. The van der Waals surface area contributed by atoms with Crippen LogP contribution in [0.1, 0.15) is 43.1 Å². The number of nitrogens with one attached hydrogen (secondary N) is 1. The van der Waals surface area contributed by atoms with E-state index in [1.165, 1.54) is 18.8 Å². The standard InChI is InChI=1S/C11H14ClN3O/c1-2-11(4-3-5-11)15-10(16)8-6-13-7-9(12)14-8/h6-7H,2-5H2,1H3,(H,15,16). The Kier molecular flexibility index (Phi) is 3.10. The summed E-state index contributed by atoms with van der Waals surface area (Å²) in [5, 5.41) is 3.27. The fourth-order valence-corrected chi connectivity index (χ4v) is 2.07. The molecule has 1 fully saturated rings. The Morgan fingerprint density at radius 2 is 2.31 bits per heavy atom. The molecule has 0 spiro atoms. The Bertz CT molecular complexity index is 398. The van der Waals surface area contributed by atoms with E-state index >= 15 is 0 Å². The highest BCUT2D eigenvalue weighted by molar-refractivity contribution is 6.29. The Morgan fingerprint density at radius 1 is 1.56 bits per heavy atom. The largest absolute Gasteiger partial charge is 0.345 e. The highest BCUT2D eigenvalue weighted by Crippen LogP contribution is 2.34. The summed E-state index contributed by atoms with van der Waals surface area (Å²) in [4.78, 5) is 19.7. The summed E-state index contributed by atoms with van der Waals surface area (Å²) in [5.41, 5.74) is 0.258. The van der Waals surface area contributed by atoms with Gasteiger partial charge in [-0.3, -0.25) is 9.78 Å². The average Bonchev–Trinajstić information content (AvgIpc) is 2.23. The summed E-state index contributed by atoms with van der Waals surface area (Å²) < 4.78 is 0. The van der Waals surface area contributed by atoms with Gasteiger partial charge in [-0.15, -0.1) is 0 Å². The van der Waals surface area contributed by atoms with Gasteiger partial charge in [0.05, 0.1) is 12.4 Å².